The summed E-state index contributed by atoms with van der Waals surface area (Å²) in [7, 11) is 0. The van der Waals surface area contributed by atoms with Gasteiger partial charge in [0.15, 0.2) is 0 Å². The van der Waals surface area contributed by atoms with Gasteiger partial charge >= 0.3 is 5.97 Å². The third-order valence-corrected chi connectivity index (χ3v) is 9.69. The number of aliphatic hydroxyl groups excluding tert-OH is 2. The fraction of sp³-hybridized carbons (Fsp3) is 0.741. The maximum Gasteiger partial charge on any atom is 0.309 e. The zero-order valence-electron chi connectivity index (χ0n) is 21.5. The van der Waals surface area contributed by atoms with Crippen LogP contribution in [0.2, 0.25) is 0 Å². The summed E-state index contributed by atoms with van der Waals surface area (Å²) >= 11 is 8.16. The number of aromatic nitrogens is 1. The van der Waals surface area contributed by atoms with Crippen LogP contribution in [0.15, 0.2) is 10.4 Å². The summed E-state index contributed by atoms with van der Waals surface area (Å²) < 4.78 is 11.8. The topological polar surface area (TPSA) is 109 Å². The van der Waals surface area contributed by atoms with Crippen molar-refractivity contribution >= 4 is 40.8 Å². The van der Waals surface area contributed by atoms with E-state index in [9.17, 15) is 19.8 Å². The van der Waals surface area contributed by atoms with Crippen LogP contribution in [0.1, 0.15) is 82.8 Å². The van der Waals surface area contributed by atoms with Gasteiger partial charge in [-0.1, -0.05) is 38.3 Å². The van der Waals surface area contributed by atoms with Crippen molar-refractivity contribution in [3.05, 3.63) is 21.1 Å². The summed E-state index contributed by atoms with van der Waals surface area (Å²) in [6.45, 7) is 7.65. The molecule has 200 valence electrons. The minimum absolute atomic E-state index is 0.0661. The van der Waals surface area contributed by atoms with Crippen molar-refractivity contribution < 1.29 is 29.3 Å². The zero-order chi connectivity index (χ0) is 26.3. The number of thiazole rings is 1. The van der Waals surface area contributed by atoms with Gasteiger partial charge in [-0.05, 0) is 51.5 Å². The molecule has 2 unspecified atom stereocenters. The molecule has 2 aliphatic heterocycles. The number of ketones is 1. The minimum Gasteiger partial charge on any atom is -0.456 e. The first-order chi connectivity index (χ1) is 16.9. The third kappa shape index (κ3) is 5.73. The third-order valence-electron chi connectivity index (χ3n) is 8.54. The van der Waals surface area contributed by atoms with Crippen LogP contribution in [0, 0.1) is 24.2 Å². The maximum absolute atomic E-state index is 13.5. The highest BCUT2D eigenvalue weighted by Gasteiger charge is 2.54. The first-order valence-electron chi connectivity index (χ1n) is 13.0. The Morgan fingerprint density at radius 2 is 1.94 bits per heavy atom. The van der Waals surface area contributed by atoms with E-state index < -0.39 is 35.6 Å². The number of rotatable bonds is 2. The molecule has 1 aromatic rings. The Labute approximate surface area is 222 Å². The molecule has 0 aromatic carbocycles. The van der Waals surface area contributed by atoms with Crippen LogP contribution in [-0.4, -0.2) is 57.0 Å². The molecule has 0 amide bonds. The van der Waals surface area contributed by atoms with Gasteiger partial charge in [-0.3, -0.25) is 9.59 Å². The van der Waals surface area contributed by atoms with Crippen molar-refractivity contribution in [2.24, 2.45) is 17.3 Å². The second-order valence-electron chi connectivity index (χ2n) is 11.2. The van der Waals surface area contributed by atoms with E-state index in [0.29, 0.717) is 30.0 Å². The lowest BCUT2D eigenvalue weighted by molar-refractivity contribution is -0.161. The first-order valence-corrected chi connectivity index (χ1v) is 14.3. The highest BCUT2D eigenvalue weighted by Crippen LogP contribution is 2.49. The monoisotopic (exact) mass is 539 g/mol. The standard InChI is InChI=1S/C27H38ClNO6S/c1-15-7-5-8-26(4)22(35-26)12-20(19(28)11-18-14-36-17(3)29-18)34-23(31)13-21(30)27(9-6-10-27)25(33)16(2)24(15)32/h11,14-16,20-22,24,30,32H,5-10,12-13H2,1-4H3/t15-,16+,20-,21-,22?,24-,26?/m0/s1. The Morgan fingerprint density at radius 3 is 2.56 bits per heavy atom. The van der Waals surface area contributed by atoms with Crippen LogP contribution >= 0.6 is 22.9 Å². The number of carbonyl (C=O) groups is 2. The number of ether oxygens (including phenoxy) is 2. The summed E-state index contributed by atoms with van der Waals surface area (Å²) in [6.07, 6.45) is 3.20. The van der Waals surface area contributed by atoms with Crippen LogP contribution in [-0.2, 0) is 19.1 Å². The Balaban J connectivity index is 1.58. The Kier molecular flexibility index (Phi) is 8.32. The molecular formula is C27H38ClNO6S. The van der Waals surface area contributed by atoms with Crippen molar-refractivity contribution in [2.45, 2.75) is 109 Å². The molecule has 1 aromatic heterocycles. The number of halogens is 1. The van der Waals surface area contributed by atoms with Gasteiger partial charge in [0.05, 0.1) is 51.5 Å². The molecule has 1 spiro atoms. The molecule has 2 saturated heterocycles. The van der Waals surface area contributed by atoms with Crippen molar-refractivity contribution in [1.29, 1.82) is 0 Å². The average Bonchev–Trinajstić information content (AvgIpc) is 3.22. The fourth-order valence-corrected chi connectivity index (χ4v) is 6.62. The van der Waals surface area contributed by atoms with E-state index >= 15 is 0 Å². The van der Waals surface area contributed by atoms with Crippen LogP contribution in [0.3, 0.4) is 0 Å². The molecule has 1 saturated carbocycles. The van der Waals surface area contributed by atoms with Gasteiger partial charge in [-0.15, -0.1) is 11.3 Å². The van der Waals surface area contributed by atoms with Crippen molar-refractivity contribution in [2.75, 3.05) is 0 Å². The number of hydrogen-bond acceptors (Lipinski definition) is 8. The second-order valence-corrected chi connectivity index (χ2v) is 12.7. The Bertz CT molecular complexity index is 1010. The van der Waals surface area contributed by atoms with Crippen LogP contribution < -0.4 is 0 Å². The molecule has 4 rings (SSSR count). The maximum atomic E-state index is 13.5. The van der Waals surface area contributed by atoms with E-state index in [1.165, 1.54) is 11.3 Å². The largest absolute Gasteiger partial charge is 0.456 e. The van der Waals surface area contributed by atoms with Gasteiger partial charge in [0, 0.05) is 17.7 Å². The first kappa shape index (κ1) is 27.7. The zero-order valence-corrected chi connectivity index (χ0v) is 23.1. The van der Waals surface area contributed by atoms with E-state index in [1.54, 1.807) is 13.0 Å². The van der Waals surface area contributed by atoms with Gasteiger partial charge in [-0.25, -0.2) is 4.98 Å². The summed E-state index contributed by atoms with van der Waals surface area (Å²) in [6, 6.07) is 0. The molecule has 7 nitrogen and oxygen atoms in total. The van der Waals surface area contributed by atoms with Gasteiger partial charge in [0.25, 0.3) is 0 Å². The average molecular weight is 540 g/mol. The number of aliphatic hydroxyl groups is 2. The van der Waals surface area contributed by atoms with E-state index in [2.05, 4.69) is 4.98 Å². The molecular weight excluding hydrogens is 502 g/mol. The van der Waals surface area contributed by atoms with Crippen LogP contribution in [0.25, 0.3) is 6.08 Å². The number of fused-ring (bicyclic) bond motifs is 1. The highest BCUT2D eigenvalue weighted by atomic mass is 35.5. The van der Waals surface area contributed by atoms with Crippen LogP contribution in [0.5, 0.6) is 0 Å². The highest BCUT2D eigenvalue weighted by molar-refractivity contribution is 7.09. The van der Waals surface area contributed by atoms with Crippen molar-refractivity contribution in [3.8, 4) is 0 Å². The predicted octanol–water partition coefficient (Wildman–Crippen LogP) is 4.80. The van der Waals surface area contributed by atoms with Gasteiger partial charge < -0.3 is 19.7 Å². The van der Waals surface area contributed by atoms with Crippen LogP contribution in [0.4, 0.5) is 0 Å². The quantitative estimate of drug-likeness (QED) is 0.410. The number of nitrogens with zero attached hydrogens (tertiary/aromatic N) is 1. The van der Waals surface area contributed by atoms with Gasteiger partial charge in [0.2, 0.25) is 0 Å². The van der Waals surface area contributed by atoms with Crippen molar-refractivity contribution in [3.63, 3.8) is 0 Å². The normalized spacial score (nSPS) is 38.2. The summed E-state index contributed by atoms with van der Waals surface area (Å²) in [5.41, 5.74) is -0.662. The molecule has 0 bridgehead atoms. The molecule has 0 radical (unpaired) electrons. The number of hydrogen-bond donors (Lipinski definition) is 2. The van der Waals surface area contributed by atoms with Gasteiger partial charge in [0.1, 0.15) is 11.9 Å². The smallest absolute Gasteiger partial charge is 0.309 e. The number of esters is 1. The van der Waals surface area contributed by atoms with E-state index in [0.717, 1.165) is 30.7 Å². The number of cyclic esters (lactones) is 1. The Hall–Kier alpha value is -1.32. The molecule has 7 atom stereocenters. The Morgan fingerprint density at radius 1 is 1.22 bits per heavy atom. The summed E-state index contributed by atoms with van der Waals surface area (Å²) in [5, 5.41) is 25.2. The molecule has 3 heterocycles. The summed E-state index contributed by atoms with van der Waals surface area (Å²) in [5.74, 6) is -1.45. The minimum atomic E-state index is -1.17. The molecule has 3 fully saturated rings. The fourth-order valence-electron chi connectivity index (χ4n) is 5.81. The predicted molar refractivity (Wildman–Crippen MR) is 139 cm³/mol. The number of Topliss-reactive ketones (excluding diaryl/α,β-unsaturated/α-hetero) is 1. The number of aryl methyl sites for hydroxylation is 1. The molecule has 3 aliphatic rings. The van der Waals surface area contributed by atoms with E-state index in [-0.39, 0.29) is 29.8 Å². The van der Waals surface area contributed by atoms with Crippen molar-refractivity contribution in [1.82, 2.24) is 4.98 Å². The number of carbonyl (C=O) groups excluding carboxylic acids is 2. The van der Waals surface area contributed by atoms with E-state index in [1.807, 2.05) is 26.2 Å². The molecule has 9 heteroatoms. The lowest BCUT2D eigenvalue weighted by Gasteiger charge is -2.46. The molecule has 1 aliphatic carbocycles. The molecule has 36 heavy (non-hydrogen) atoms. The lowest BCUT2D eigenvalue weighted by Crippen LogP contribution is -2.53. The molecule has 2 N–H and O–H groups in total. The van der Waals surface area contributed by atoms with E-state index in [4.69, 9.17) is 21.1 Å². The lowest BCUT2D eigenvalue weighted by atomic mass is 9.58. The number of epoxide rings is 1. The second kappa shape index (κ2) is 10.8. The SMILES string of the molecule is Cc1nc(C=C(Cl)[C@@H]2CC3OC3(C)CCC[C@H](C)[C@H](O)[C@@H](C)C(=O)C3(CCC3)[C@@H](O)CC(=O)O2)cs1. The summed E-state index contributed by atoms with van der Waals surface area (Å²) in [4.78, 5) is 30.9. The van der Waals surface area contributed by atoms with Gasteiger partial charge in [-0.2, -0.15) is 0 Å².